The smallest absolute Gasteiger partial charge is 0.323 e. The van der Waals surface area contributed by atoms with Gasteiger partial charge in [0.2, 0.25) is 5.88 Å². The lowest BCUT2D eigenvalue weighted by atomic mass is 10.1. The molecule has 0 aliphatic heterocycles. The monoisotopic (exact) mass is 464 g/mol. The van der Waals surface area contributed by atoms with Crippen LogP contribution in [0, 0.1) is 20.8 Å². The van der Waals surface area contributed by atoms with Crippen LogP contribution in [-0.4, -0.2) is 25.6 Å². The summed E-state index contributed by atoms with van der Waals surface area (Å²) in [6.07, 6.45) is 1.74. The Kier molecular flexibility index (Phi) is 5.85. The van der Waals surface area contributed by atoms with Crippen LogP contribution in [0.2, 0.25) is 0 Å². The van der Waals surface area contributed by atoms with E-state index in [-0.39, 0.29) is 6.03 Å². The third-order valence-electron chi connectivity index (χ3n) is 5.64. The van der Waals surface area contributed by atoms with Crippen molar-refractivity contribution >= 4 is 28.2 Å². The van der Waals surface area contributed by atoms with Gasteiger partial charge in [0.15, 0.2) is 0 Å². The molecule has 174 valence electrons. The van der Waals surface area contributed by atoms with Crippen molar-refractivity contribution in [1.29, 1.82) is 0 Å². The van der Waals surface area contributed by atoms with E-state index in [0.717, 1.165) is 27.8 Å². The van der Waals surface area contributed by atoms with Crippen molar-refractivity contribution in [2.75, 3.05) is 10.6 Å². The van der Waals surface area contributed by atoms with Crippen LogP contribution in [0.5, 0.6) is 11.6 Å². The molecule has 0 spiro atoms. The number of hydrogen-bond donors (Lipinski definition) is 2. The molecule has 5 aromatic rings. The van der Waals surface area contributed by atoms with E-state index in [1.54, 1.807) is 36.7 Å². The van der Waals surface area contributed by atoms with Crippen molar-refractivity contribution in [3.8, 4) is 17.4 Å². The summed E-state index contributed by atoms with van der Waals surface area (Å²) in [6, 6.07) is 22.3. The number of rotatable bonds is 5. The lowest BCUT2D eigenvalue weighted by molar-refractivity contribution is 0.262. The number of hydrogen-bond acceptors (Lipinski definition) is 5. The van der Waals surface area contributed by atoms with Gasteiger partial charge in [0.25, 0.3) is 0 Å². The van der Waals surface area contributed by atoms with E-state index in [9.17, 15) is 4.79 Å². The highest BCUT2D eigenvalue weighted by atomic mass is 16.5. The molecular formula is C27H24N6O2. The summed E-state index contributed by atoms with van der Waals surface area (Å²) in [5, 5.41) is 7.89. The predicted octanol–water partition coefficient (Wildman–Crippen LogP) is 6.18. The second kappa shape index (κ2) is 9.26. The molecule has 0 bridgehead atoms. The fraction of sp³-hybridized carbons (Fsp3) is 0.111. The van der Waals surface area contributed by atoms with Gasteiger partial charge in [0, 0.05) is 23.1 Å². The summed E-state index contributed by atoms with van der Waals surface area (Å²) < 4.78 is 7.85. The number of fused-ring (bicyclic) bond motifs is 1. The van der Waals surface area contributed by atoms with E-state index in [0.29, 0.717) is 29.0 Å². The number of aromatic nitrogens is 4. The molecule has 0 atom stereocenters. The lowest BCUT2D eigenvalue weighted by Crippen LogP contribution is -2.19. The summed E-state index contributed by atoms with van der Waals surface area (Å²) in [7, 11) is 0. The number of amides is 2. The SMILES string of the molecule is Cc1nc(Oc2ccc(NC(=O)Nc3ccc4ccccc4c3)cc2)cc(-n2cnc(C)c2C)n1. The molecule has 0 radical (unpaired) electrons. The topological polar surface area (TPSA) is 94.0 Å². The van der Waals surface area contributed by atoms with Crippen molar-refractivity contribution in [3.63, 3.8) is 0 Å². The van der Waals surface area contributed by atoms with Gasteiger partial charge in [-0.25, -0.2) is 14.8 Å². The Morgan fingerprint density at radius 1 is 0.829 bits per heavy atom. The van der Waals surface area contributed by atoms with Crippen molar-refractivity contribution in [3.05, 3.63) is 96.3 Å². The highest BCUT2D eigenvalue weighted by Gasteiger charge is 2.10. The number of nitrogens with zero attached hydrogens (tertiary/aromatic N) is 4. The summed E-state index contributed by atoms with van der Waals surface area (Å²) in [5.41, 5.74) is 3.31. The number of carbonyl (C=O) groups is 1. The third kappa shape index (κ3) is 4.96. The molecule has 0 unspecified atom stereocenters. The van der Waals surface area contributed by atoms with Gasteiger partial charge in [-0.1, -0.05) is 30.3 Å². The third-order valence-corrected chi connectivity index (χ3v) is 5.64. The number of ether oxygens (including phenoxy) is 1. The standard InChI is InChI=1S/C27H24N6O2/c1-17-18(2)33(16-28-17)25-15-26(30-19(3)29-25)35-24-12-10-22(11-13-24)31-27(34)32-23-9-8-20-6-4-5-7-21(20)14-23/h4-16H,1-3H3,(H2,31,32,34). The van der Waals surface area contributed by atoms with Crippen LogP contribution in [0.3, 0.4) is 0 Å². The molecule has 8 heteroatoms. The van der Waals surface area contributed by atoms with Gasteiger partial charge in [0.1, 0.15) is 23.7 Å². The number of nitrogens with one attached hydrogen (secondary N) is 2. The van der Waals surface area contributed by atoms with E-state index in [1.165, 1.54) is 0 Å². The van der Waals surface area contributed by atoms with Crippen molar-refractivity contribution < 1.29 is 9.53 Å². The molecule has 0 aliphatic rings. The second-order valence-electron chi connectivity index (χ2n) is 8.16. The van der Waals surface area contributed by atoms with Crippen molar-refractivity contribution in [2.24, 2.45) is 0 Å². The van der Waals surface area contributed by atoms with Crippen LogP contribution in [0.4, 0.5) is 16.2 Å². The number of carbonyl (C=O) groups excluding carboxylic acids is 1. The highest BCUT2D eigenvalue weighted by Crippen LogP contribution is 2.24. The molecule has 0 saturated heterocycles. The Morgan fingerprint density at radius 2 is 1.54 bits per heavy atom. The maximum Gasteiger partial charge on any atom is 0.323 e. The van der Waals surface area contributed by atoms with Crippen LogP contribution in [0.15, 0.2) is 79.1 Å². The Labute approximate surface area is 202 Å². The first kappa shape index (κ1) is 22.1. The van der Waals surface area contributed by atoms with E-state index in [1.807, 2.05) is 67.8 Å². The first-order valence-electron chi connectivity index (χ1n) is 11.2. The minimum atomic E-state index is -0.323. The quantitative estimate of drug-likeness (QED) is 0.324. The Balaban J connectivity index is 1.25. The Morgan fingerprint density at radius 3 is 2.29 bits per heavy atom. The van der Waals surface area contributed by atoms with Gasteiger partial charge < -0.3 is 15.4 Å². The zero-order valence-electron chi connectivity index (χ0n) is 19.6. The van der Waals surface area contributed by atoms with Gasteiger partial charge in [-0.15, -0.1) is 0 Å². The maximum absolute atomic E-state index is 12.5. The van der Waals surface area contributed by atoms with E-state index in [2.05, 4.69) is 25.6 Å². The second-order valence-corrected chi connectivity index (χ2v) is 8.16. The molecule has 2 aromatic heterocycles. The largest absolute Gasteiger partial charge is 0.439 e. The zero-order chi connectivity index (χ0) is 24.4. The van der Waals surface area contributed by atoms with Gasteiger partial charge >= 0.3 is 6.03 Å². The summed E-state index contributed by atoms with van der Waals surface area (Å²) in [5.74, 6) is 2.29. The van der Waals surface area contributed by atoms with E-state index < -0.39 is 0 Å². The molecule has 2 heterocycles. The summed E-state index contributed by atoms with van der Waals surface area (Å²) in [6.45, 7) is 5.76. The minimum Gasteiger partial charge on any atom is -0.439 e. The molecule has 0 fully saturated rings. The number of imidazole rings is 1. The van der Waals surface area contributed by atoms with Gasteiger partial charge in [-0.05, 0) is 67.9 Å². The number of urea groups is 1. The van der Waals surface area contributed by atoms with Gasteiger partial charge in [0.05, 0.1) is 5.69 Å². The fourth-order valence-corrected chi connectivity index (χ4v) is 3.72. The summed E-state index contributed by atoms with van der Waals surface area (Å²) >= 11 is 0. The first-order valence-corrected chi connectivity index (χ1v) is 11.2. The maximum atomic E-state index is 12.5. The van der Waals surface area contributed by atoms with Crippen molar-refractivity contribution in [2.45, 2.75) is 20.8 Å². The number of aryl methyl sites for hydroxylation is 2. The molecule has 35 heavy (non-hydrogen) atoms. The molecule has 2 amide bonds. The van der Waals surface area contributed by atoms with E-state index >= 15 is 0 Å². The highest BCUT2D eigenvalue weighted by molar-refractivity contribution is 6.01. The van der Waals surface area contributed by atoms with Crippen LogP contribution in [-0.2, 0) is 0 Å². The molecule has 3 aromatic carbocycles. The molecule has 0 saturated carbocycles. The lowest BCUT2D eigenvalue weighted by Gasteiger charge is -2.11. The molecule has 0 aliphatic carbocycles. The van der Waals surface area contributed by atoms with Crippen LogP contribution in [0.25, 0.3) is 16.6 Å². The zero-order valence-corrected chi connectivity index (χ0v) is 19.6. The molecule has 8 nitrogen and oxygen atoms in total. The average molecular weight is 465 g/mol. The molecule has 2 N–H and O–H groups in total. The molecular weight excluding hydrogens is 440 g/mol. The van der Waals surface area contributed by atoms with Crippen LogP contribution >= 0.6 is 0 Å². The number of benzene rings is 3. The van der Waals surface area contributed by atoms with Gasteiger partial charge in [-0.2, -0.15) is 4.98 Å². The van der Waals surface area contributed by atoms with E-state index in [4.69, 9.17) is 4.74 Å². The minimum absolute atomic E-state index is 0.323. The molecule has 5 rings (SSSR count). The predicted molar refractivity (Wildman–Crippen MR) is 136 cm³/mol. The Hall–Kier alpha value is -4.72. The van der Waals surface area contributed by atoms with Crippen molar-refractivity contribution in [1.82, 2.24) is 19.5 Å². The average Bonchev–Trinajstić information content (AvgIpc) is 3.18. The van der Waals surface area contributed by atoms with Gasteiger partial charge in [-0.3, -0.25) is 4.57 Å². The van der Waals surface area contributed by atoms with Crippen LogP contribution < -0.4 is 15.4 Å². The number of anilines is 2. The Bertz CT molecular complexity index is 1530. The van der Waals surface area contributed by atoms with Crippen LogP contribution in [0.1, 0.15) is 17.2 Å². The normalized spacial score (nSPS) is 10.8. The summed E-state index contributed by atoms with van der Waals surface area (Å²) in [4.78, 5) is 25.7. The fourth-order valence-electron chi connectivity index (χ4n) is 3.72. The first-order chi connectivity index (χ1) is 16.9.